The highest BCUT2D eigenvalue weighted by molar-refractivity contribution is 5.96. The zero-order valence-corrected chi connectivity index (χ0v) is 20.5. The topological polar surface area (TPSA) is 86.3 Å². The lowest BCUT2D eigenvalue weighted by Gasteiger charge is -2.31. The van der Waals surface area contributed by atoms with Gasteiger partial charge in [0.25, 0.3) is 5.91 Å². The number of unbranched alkanes of at least 4 members (excludes halogenated alkanes) is 3. The molecule has 0 unspecified atom stereocenters. The molecule has 2 aliphatic heterocycles. The second-order valence-electron chi connectivity index (χ2n) is 8.90. The van der Waals surface area contributed by atoms with Crippen molar-refractivity contribution in [1.82, 2.24) is 4.90 Å². The lowest BCUT2D eigenvalue weighted by atomic mass is 9.95. The van der Waals surface area contributed by atoms with E-state index in [1.165, 1.54) is 12.8 Å². The number of carbonyl (C=O) groups is 2. The molecule has 0 saturated carbocycles. The quantitative estimate of drug-likeness (QED) is 0.486. The van der Waals surface area contributed by atoms with E-state index in [1.54, 1.807) is 48.4 Å². The molecule has 35 heavy (non-hydrogen) atoms. The van der Waals surface area contributed by atoms with Crippen LogP contribution in [-0.2, 0) is 4.79 Å². The van der Waals surface area contributed by atoms with Crippen LogP contribution in [0.5, 0.6) is 23.0 Å². The Kier molecular flexibility index (Phi) is 8.34. The Balaban J connectivity index is 1.28. The van der Waals surface area contributed by atoms with Crippen LogP contribution in [0.3, 0.4) is 0 Å². The molecule has 2 aromatic rings. The molecule has 0 aromatic heterocycles. The van der Waals surface area contributed by atoms with E-state index in [1.807, 2.05) is 0 Å². The van der Waals surface area contributed by atoms with E-state index in [9.17, 15) is 9.59 Å². The Hall–Kier alpha value is -3.42. The molecular weight excluding hydrogens is 448 g/mol. The number of likely N-dealkylation sites (tertiary alicyclic amines) is 1. The number of anilines is 1. The molecule has 0 radical (unpaired) electrons. The van der Waals surface area contributed by atoms with E-state index in [0.717, 1.165) is 12.8 Å². The molecule has 1 saturated heterocycles. The van der Waals surface area contributed by atoms with Gasteiger partial charge in [0.2, 0.25) is 12.7 Å². The molecule has 1 fully saturated rings. The number of hydrogen-bond donors (Lipinski definition) is 1. The molecule has 8 heteroatoms. The molecule has 0 bridgehead atoms. The first-order valence-electron chi connectivity index (χ1n) is 12.4. The second-order valence-corrected chi connectivity index (χ2v) is 8.90. The van der Waals surface area contributed by atoms with Crippen molar-refractivity contribution in [3.63, 3.8) is 0 Å². The van der Waals surface area contributed by atoms with Crippen LogP contribution in [0.4, 0.5) is 5.69 Å². The van der Waals surface area contributed by atoms with Gasteiger partial charge in [-0.25, -0.2) is 0 Å². The van der Waals surface area contributed by atoms with Gasteiger partial charge < -0.3 is 29.2 Å². The molecule has 8 nitrogen and oxygen atoms in total. The molecule has 2 amide bonds. The van der Waals surface area contributed by atoms with Crippen molar-refractivity contribution < 1.29 is 28.5 Å². The van der Waals surface area contributed by atoms with Gasteiger partial charge in [0.15, 0.2) is 23.0 Å². The Morgan fingerprint density at radius 1 is 1.00 bits per heavy atom. The molecular formula is C27H34N2O6. The van der Waals surface area contributed by atoms with Crippen LogP contribution in [0.25, 0.3) is 0 Å². The van der Waals surface area contributed by atoms with Crippen molar-refractivity contribution >= 4 is 17.5 Å². The average Bonchev–Trinajstić information content (AvgIpc) is 3.36. The zero-order valence-electron chi connectivity index (χ0n) is 20.5. The largest absolute Gasteiger partial charge is 0.493 e. The number of fused-ring (bicyclic) bond motifs is 1. The van der Waals surface area contributed by atoms with Gasteiger partial charge in [-0.1, -0.05) is 26.2 Å². The van der Waals surface area contributed by atoms with Crippen molar-refractivity contribution in [3.8, 4) is 23.0 Å². The molecule has 0 spiro atoms. The number of amides is 2. The molecule has 2 aromatic carbocycles. The predicted molar refractivity (Wildman–Crippen MR) is 132 cm³/mol. The third kappa shape index (κ3) is 6.18. The summed E-state index contributed by atoms with van der Waals surface area (Å²) in [5.74, 6) is 2.27. The highest BCUT2D eigenvalue weighted by atomic mass is 16.7. The van der Waals surface area contributed by atoms with Crippen LogP contribution in [0.1, 0.15) is 55.8 Å². The fraction of sp³-hybridized carbons (Fsp3) is 0.481. The normalized spacial score (nSPS) is 15.1. The van der Waals surface area contributed by atoms with Gasteiger partial charge in [0, 0.05) is 36.3 Å². The Labute approximate surface area is 206 Å². The number of nitrogens with one attached hydrogen (secondary N) is 1. The average molecular weight is 483 g/mol. The van der Waals surface area contributed by atoms with Crippen molar-refractivity contribution in [3.05, 3.63) is 42.0 Å². The standard InChI is InChI=1S/C27H34N2O6/c1-3-4-5-6-15-33-22-9-7-20(16-24(22)32-2)27(31)29-13-11-19(12-14-29)26(30)28-21-8-10-23-25(17-21)35-18-34-23/h7-10,16-17,19H,3-6,11-15,18H2,1-2H3,(H,28,30). The summed E-state index contributed by atoms with van der Waals surface area (Å²) in [6, 6.07) is 10.7. The molecule has 2 aliphatic rings. The first-order valence-corrected chi connectivity index (χ1v) is 12.4. The minimum atomic E-state index is -0.150. The summed E-state index contributed by atoms with van der Waals surface area (Å²) in [5, 5.41) is 2.96. The number of methoxy groups -OCH3 is 1. The van der Waals surface area contributed by atoms with Crippen LogP contribution in [0, 0.1) is 5.92 Å². The van der Waals surface area contributed by atoms with E-state index >= 15 is 0 Å². The molecule has 2 heterocycles. The predicted octanol–water partition coefficient (Wildman–Crippen LogP) is 4.87. The lowest BCUT2D eigenvalue weighted by Crippen LogP contribution is -2.41. The number of carbonyl (C=O) groups excluding carboxylic acids is 2. The summed E-state index contributed by atoms with van der Waals surface area (Å²) in [6.45, 7) is 4.05. The van der Waals surface area contributed by atoms with Gasteiger partial charge in [0.1, 0.15) is 0 Å². The van der Waals surface area contributed by atoms with Gasteiger partial charge in [-0.2, -0.15) is 0 Å². The van der Waals surface area contributed by atoms with E-state index in [0.29, 0.717) is 66.8 Å². The molecule has 0 atom stereocenters. The van der Waals surface area contributed by atoms with E-state index in [4.69, 9.17) is 18.9 Å². The van der Waals surface area contributed by atoms with Gasteiger partial charge in [-0.05, 0) is 49.6 Å². The molecule has 4 rings (SSSR count). The van der Waals surface area contributed by atoms with Gasteiger partial charge >= 0.3 is 0 Å². The number of hydrogen-bond acceptors (Lipinski definition) is 6. The fourth-order valence-corrected chi connectivity index (χ4v) is 4.38. The third-order valence-electron chi connectivity index (χ3n) is 6.46. The van der Waals surface area contributed by atoms with Crippen LogP contribution < -0.4 is 24.3 Å². The maximum Gasteiger partial charge on any atom is 0.253 e. The number of piperidine rings is 1. The second kappa shape index (κ2) is 11.8. The smallest absolute Gasteiger partial charge is 0.253 e. The zero-order chi connectivity index (χ0) is 24.6. The van der Waals surface area contributed by atoms with Crippen molar-refractivity contribution in [2.75, 3.05) is 38.9 Å². The molecule has 1 N–H and O–H groups in total. The minimum absolute atomic E-state index is 0.0435. The van der Waals surface area contributed by atoms with E-state index in [-0.39, 0.29) is 24.5 Å². The minimum Gasteiger partial charge on any atom is -0.493 e. The van der Waals surface area contributed by atoms with Crippen LogP contribution in [0.2, 0.25) is 0 Å². The highest BCUT2D eigenvalue weighted by Crippen LogP contribution is 2.35. The fourth-order valence-electron chi connectivity index (χ4n) is 4.38. The Morgan fingerprint density at radius 2 is 1.80 bits per heavy atom. The Bertz CT molecular complexity index is 1030. The summed E-state index contributed by atoms with van der Waals surface area (Å²) in [5.41, 5.74) is 1.24. The van der Waals surface area contributed by atoms with Crippen molar-refractivity contribution in [1.29, 1.82) is 0 Å². The van der Waals surface area contributed by atoms with Crippen LogP contribution >= 0.6 is 0 Å². The number of nitrogens with zero attached hydrogens (tertiary/aromatic N) is 1. The summed E-state index contributed by atoms with van der Waals surface area (Å²) < 4.78 is 22.0. The summed E-state index contributed by atoms with van der Waals surface area (Å²) in [4.78, 5) is 27.6. The first-order chi connectivity index (χ1) is 17.1. The summed E-state index contributed by atoms with van der Waals surface area (Å²) in [6.07, 6.45) is 5.73. The number of rotatable bonds is 10. The van der Waals surface area contributed by atoms with Crippen molar-refractivity contribution in [2.45, 2.75) is 45.4 Å². The maximum atomic E-state index is 13.1. The summed E-state index contributed by atoms with van der Waals surface area (Å²) >= 11 is 0. The molecule has 188 valence electrons. The maximum absolute atomic E-state index is 13.1. The highest BCUT2D eigenvalue weighted by Gasteiger charge is 2.28. The number of ether oxygens (including phenoxy) is 4. The SMILES string of the molecule is CCCCCCOc1ccc(C(=O)N2CCC(C(=O)Nc3ccc4c(c3)OCO4)CC2)cc1OC. The Morgan fingerprint density at radius 3 is 2.57 bits per heavy atom. The van der Waals surface area contributed by atoms with Gasteiger partial charge in [0.05, 0.1) is 13.7 Å². The summed E-state index contributed by atoms with van der Waals surface area (Å²) in [7, 11) is 1.58. The van der Waals surface area contributed by atoms with Gasteiger partial charge in [-0.3, -0.25) is 9.59 Å². The lowest BCUT2D eigenvalue weighted by molar-refractivity contribution is -0.121. The number of benzene rings is 2. The van der Waals surface area contributed by atoms with Crippen LogP contribution in [-0.4, -0.2) is 50.3 Å². The molecule has 0 aliphatic carbocycles. The van der Waals surface area contributed by atoms with E-state index < -0.39 is 0 Å². The first kappa shape index (κ1) is 24.7. The van der Waals surface area contributed by atoms with Crippen LogP contribution in [0.15, 0.2) is 36.4 Å². The van der Waals surface area contributed by atoms with Crippen molar-refractivity contribution in [2.24, 2.45) is 5.92 Å². The monoisotopic (exact) mass is 482 g/mol. The third-order valence-corrected chi connectivity index (χ3v) is 6.46. The van der Waals surface area contributed by atoms with E-state index in [2.05, 4.69) is 12.2 Å². The van der Waals surface area contributed by atoms with Gasteiger partial charge in [-0.15, -0.1) is 0 Å².